The molecular weight excluding hydrogens is 551 g/mol. The van der Waals surface area contributed by atoms with Crippen molar-refractivity contribution < 1.29 is 7.87 Å². The van der Waals surface area contributed by atoms with Gasteiger partial charge >= 0.3 is 170 Å². The van der Waals surface area contributed by atoms with Crippen molar-refractivity contribution in [3.05, 3.63) is 91.0 Å². The third-order valence-electron chi connectivity index (χ3n) is 3.97. The van der Waals surface area contributed by atoms with Crippen molar-refractivity contribution in [2.75, 3.05) is 0 Å². The first-order valence-electron chi connectivity index (χ1n) is 7.82. The summed E-state index contributed by atoms with van der Waals surface area (Å²) < 4.78 is 9.10. The van der Waals surface area contributed by atoms with Crippen molar-refractivity contribution in [3.63, 3.8) is 0 Å². The van der Waals surface area contributed by atoms with Crippen LogP contribution in [0.2, 0.25) is 0 Å². The van der Waals surface area contributed by atoms with E-state index in [4.69, 9.17) is 3.07 Å². The summed E-state index contributed by atoms with van der Waals surface area (Å²) in [6.07, 6.45) is 0. The number of carbonyl (C=O) groups is 1. The number of hydrogen-bond donors (Lipinski definition) is 0. The molecular formula is C20H16Br2O2Sn. The van der Waals surface area contributed by atoms with Crippen LogP contribution in [0, 0.1) is 0 Å². The molecule has 0 aliphatic rings. The predicted molar refractivity (Wildman–Crippen MR) is 112 cm³/mol. The summed E-state index contributed by atoms with van der Waals surface area (Å²) >= 11 is 2.62. The van der Waals surface area contributed by atoms with Crippen molar-refractivity contribution in [3.8, 4) is 0 Å². The zero-order valence-corrected chi connectivity index (χ0v) is 19.3. The van der Waals surface area contributed by atoms with Gasteiger partial charge in [-0.2, -0.15) is 0 Å². The van der Waals surface area contributed by atoms with E-state index in [1.54, 1.807) is 0 Å². The van der Waals surface area contributed by atoms with E-state index in [1.807, 2.05) is 54.6 Å². The van der Waals surface area contributed by atoms with Gasteiger partial charge in [0.05, 0.1) is 0 Å². The standard InChI is InChI=1S/3C6H5.C2H2Br2O2.Sn/c3*1-2-4-6-5-3-1;3-1(4)2(5)6;/h3*1-5H;1H,(H,5,6);/q;;;;+1/p-1. The van der Waals surface area contributed by atoms with Crippen LogP contribution >= 0.6 is 31.9 Å². The van der Waals surface area contributed by atoms with Crippen LogP contribution in [0.1, 0.15) is 0 Å². The minimum atomic E-state index is -3.95. The molecule has 2 nitrogen and oxygen atoms in total. The Morgan fingerprint density at radius 2 is 1.00 bits per heavy atom. The molecule has 25 heavy (non-hydrogen) atoms. The maximum absolute atomic E-state index is 12.6. The molecule has 3 aromatic rings. The van der Waals surface area contributed by atoms with E-state index in [9.17, 15) is 4.79 Å². The van der Waals surface area contributed by atoms with E-state index in [2.05, 4.69) is 68.3 Å². The third kappa shape index (κ3) is 4.01. The second-order valence-electron chi connectivity index (χ2n) is 5.50. The second-order valence-corrected chi connectivity index (χ2v) is 18.0. The van der Waals surface area contributed by atoms with E-state index in [-0.39, 0.29) is 5.97 Å². The predicted octanol–water partition coefficient (Wildman–Crippen LogP) is 3.31. The molecule has 0 atom stereocenters. The summed E-state index contributed by atoms with van der Waals surface area (Å²) in [5, 5.41) is 0. The number of halogens is 2. The number of rotatable bonds is 5. The van der Waals surface area contributed by atoms with E-state index < -0.39 is 22.5 Å². The Labute approximate surface area is 168 Å². The van der Waals surface area contributed by atoms with Crippen molar-refractivity contribution in [2.45, 2.75) is 3.74 Å². The molecule has 0 radical (unpaired) electrons. The van der Waals surface area contributed by atoms with Crippen molar-refractivity contribution in [2.24, 2.45) is 0 Å². The molecule has 0 unspecified atom stereocenters. The van der Waals surface area contributed by atoms with Gasteiger partial charge < -0.3 is 0 Å². The average Bonchev–Trinajstić information content (AvgIpc) is 2.68. The van der Waals surface area contributed by atoms with Crippen molar-refractivity contribution in [1.29, 1.82) is 0 Å². The van der Waals surface area contributed by atoms with Gasteiger partial charge in [0.25, 0.3) is 0 Å². The normalized spacial score (nSPS) is 11.3. The first-order chi connectivity index (χ1) is 12.1. The van der Waals surface area contributed by atoms with Gasteiger partial charge in [-0.05, 0) is 0 Å². The fraction of sp³-hybridized carbons (Fsp3) is 0.0500. The second kappa shape index (κ2) is 8.51. The first kappa shape index (κ1) is 18.7. The minimum absolute atomic E-state index is 0.299. The average molecular weight is 567 g/mol. The Hall–Kier alpha value is -1.11. The van der Waals surface area contributed by atoms with Crippen LogP contribution < -0.4 is 10.7 Å². The van der Waals surface area contributed by atoms with Crippen molar-refractivity contribution >= 4 is 67.4 Å². The molecule has 0 amide bonds. The van der Waals surface area contributed by atoms with Crippen LogP contribution in [0.25, 0.3) is 0 Å². The monoisotopic (exact) mass is 566 g/mol. The summed E-state index contributed by atoms with van der Waals surface area (Å²) in [5.41, 5.74) is 0. The molecule has 0 saturated carbocycles. The van der Waals surface area contributed by atoms with Gasteiger partial charge in [-0.1, -0.05) is 0 Å². The topological polar surface area (TPSA) is 26.3 Å². The fourth-order valence-corrected chi connectivity index (χ4v) is 14.8. The summed E-state index contributed by atoms with van der Waals surface area (Å²) in [4.78, 5) is 12.6. The maximum atomic E-state index is 12.6. The quantitative estimate of drug-likeness (QED) is 0.350. The SMILES string of the molecule is O=C([O][Sn]([c]1ccccc1)([c]1ccccc1)[c]1ccccc1)C(Br)Br. The molecule has 0 heterocycles. The van der Waals surface area contributed by atoms with Crippen molar-refractivity contribution in [1.82, 2.24) is 0 Å². The Kier molecular flexibility index (Phi) is 6.36. The fourth-order valence-electron chi connectivity index (χ4n) is 2.89. The van der Waals surface area contributed by atoms with Crippen LogP contribution in [-0.4, -0.2) is 28.5 Å². The molecule has 0 aliphatic carbocycles. The zero-order chi connectivity index (χ0) is 17.7. The number of carbonyl (C=O) groups excluding carboxylic acids is 1. The molecule has 0 fully saturated rings. The van der Waals surface area contributed by atoms with Gasteiger partial charge in [-0.3, -0.25) is 0 Å². The summed E-state index contributed by atoms with van der Waals surface area (Å²) in [6, 6.07) is 30.4. The van der Waals surface area contributed by atoms with E-state index in [0.29, 0.717) is 0 Å². The molecule has 126 valence electrons. The van der Waals surface area contributed by atoms with Crippen LogP contribution in [0.4, 0.5) is 0 Å². The molecule has 0 saturated heterocycles. The number of hydrogen-bond acceptors (Lipinski definition) is 2. The molecule has 0 bridgehead atoms. The Morgan fingerprint density at radius 3 is 1.28 bits per heavy atom. The molecule has 5 heteroatoms. The third-order valence-corrected chi connectivity index (χ3v) is 16.0. The number of benzene rings is 3. The summed E-state index contributed by atoms with van der Waals surface area (Å²) in [5.74, 6) is -0.299. The molecule has 0 aromatic heterocycles. The summed E-state index contributed by atoms with van der Waals surface area (Å²) in [7, 11) is 0. The van der Waals surface area contributed by atoms with Crippen LogP contribution in [0.5, 0.6) is 0 Å². The Balaban J connectivity index is 2.29. The van der Waals surface area contributed by atoms with E-state index in [1.165, 1.54) is 0 Å². The Bertz CT molecular complexity index is 727. The Morgan fingerprint density at radius 1 is 0.680 bits per heavy atom. The van der Waals surface area contributed by atoms with Crippen LogP contribution in [0.3, 0.4) is 0 Å². The van der Waals surface area contributed by atoms with Gasteiger partial charge in [0, 0.05) is 0 Å². The first-order valence-corrected chi connectivity index (χ1v) is 15.1. The zero-order valence-electron chi connectivity index (χ0n) is 13.3. The molecule has 0 N–H and O–H groups in total. The van der Waals surface area contributed by atoms with Gasteiger partial charge in [0.1, 0.15) is 0 Å². The number of alkyl halides is 2. The van der Waals surface area contributed by atoms with E-state index >= 15 is 0 Å². The molecule has 0 spiro atoms. The molecule has 0 aliphatic heterocycles. The molecule has 3 rings (SSSR count). The van der Waals surface area contributed by atoms with Gasteiger partial charge in [-0.25, -0.2) is 0 Å². The molecule has 3 aromatic carbocycles. The van der Waals surface area contributed by atoms with Gasteiger partial charge in [0.15, 0.2) is 0 Å². The van der Waals surface area contributed by atoms with Gasteiger partial charge in [0.2, 0.25) is 0 Å². The van der Waals surface area contributed by atoms with E-state index in [0.717, 1.165) is 10.7 Å². The van der Waals surface area contributed by atoms with Crippen LogP contribution in [-0.2, 0) is 7.87 Å². The van der Waals surface area contributed by atoms with Gasteiger partial charge in [-0.15, -0.1) is 0 Å². The van der Waals surface area contributed by atoms with Crippen LogP contribution in [0.15, 0.2) is 91.0 Å². The summed E-state index contributed by atoms with van der Waals surface area (Å²) in [6.45, 7) is 0.